The minimum Gasteiger partial charge on any atom is -0.379 e. The van der Waals surface area contributed by atoms with Crippen molar-refractivity contribution in [3.05, 3.63) is 58.6 Å². The van der Waals surface area contributed by atoms with Gasteiger partial charge in [-0.1, -0.05) is 26.0 Å². The second kappa shape index (κ2) is 11.8. The Morgan fingerprint density at radius 3 is 2.62 bits per heavy atom. The molecule has 5 rings (SSSR count). The van der Waals surface area contributed by atoms with Crippen LogP contribution in [0.5, 0.6) is 0 Å². The maximum absolute atomic E-state index is 14.2. The predicted octanol–water partition coefficient (Wildman–Crippen LogP) is 7.23. The Labute approximate surface area is 237 Å². The van der Waals surface area contributed by atoms with Crippen molar-refractivity contribution in [2.24, 2.45) is 11.8 Å². The van der Waals surface area contributed by atoms with E-state index in [1.807, 2.05) is 19.9 Å². The molecule has 0 radical (unpaired) electrons. The molecule has 2 aromatic rings. The quantitative estimate of drug-likeness (QED) is 0.290. The lowest BCUT2D eigenvalue weighted by atomic mass is 9.94. The number of halogens is 4. The van der Waals surface area contributed by atoms with E-state index < -0.39 is 11.7 Å². The summed E-state index contributed by atoms with van der Waals surface area (Å²) in [7, 11) is 0. The van der Waals surface area contributed by atoms with Crippen molar-refractivity contribution < 1.29 is 21.8 Å². The zero-order valence-corrected chi connectivity index (χ0v) is 24.0. The van der Waals surface area contributed by atoms with Gasteiger partial charge in [-0.2, -0.15) is 22.4 Å². The van der Waals surface area contributed by atoms with Gasteiger partial charge in [-0.15, -0.1) is 3.89 Å². The maximum Gasteiger partial charge on any atom is 0.416 e. The van der Waals surface area contributed by atoms with Crippen LogP contribution in [-0.2, 0) is 23.8 Å². The van der Waals surface area contributed by atoms with E-state index >= 15 is 0 Å². The van der Waals surface area contributed by atoms with E-state index in [2.05, 4.69) is 27.2 Å². The van der Waals surface area contributed by atoms with Crippen LogP contribution in [0.4, 0.5) is 28.4 Å². The summed E-state index contributed by atoms with van der Waals surface area (Å²) in [4.78, 5) is 2.19. The van der Waals surface area contributed by atoms with Crippen LogP contribution >= 0.6 is 12.3 Å². The first-order chi connectivity index (χ1) is 19.1. The highest BCUT2D eigenvalue weighted by Gasteiger charge is 2.44. The molecule has 6 nitrogen and oxygen atoms in total. The summed E-state index contributed by atoms with van der Waals surface area (Å²) in [5.74, 6) is 1.15. The van der Waals surface area contributed by atoms with Crippen LogP contribution in [0.1, 0.15) is 61.2 Å². The Morgan fingerprint density at radius 2 is 1.95 bits per heavy atom. The van der Waals surface area contributed by atoms with Crippen molar-refractivity contribution >= 4 is 29.4 Å². The van der Waals surface area contributed by atoms with Crippen LogP contribution in [0.15, 0.2) is 30.5 Å². The summed E-state index contributed by atoms with van der Waals surface area (Å²) in [5.41, 5.74) is 3.69. The van der Waals surface area contributed by atoms with Crippen molar-refractivity contribution in [2.75, 3.05) is 36.9 Å². The lowest BCUT2D eigenvalue weighted by molar-refractivity contribution is -0.137. The van der Waals surface area contributed by atoms with E-state index in [0.717, 1.165) is 56.1 Å². The van der Waals surface area contributed by atoms with E-state index in [4.69, 9.17) is 4.74 Å². The number of ether oxygens (including phenoxy) is 1. The molecule has 0 bridgehead atoms. The average molecular weight is 580 g/mol. The van der Waals surface area contributed by atoms with Crippen LogP contribution in [-0.4, -0.2) is 46.4 Å². The summed E-state index contributed by atoms with van der Waals surface area (Å²) in [6, 6.07) is 2.73. The molecule has 1 saturated heterocycles. The molecule has 3 unspecified atom stereocenters. The number of alkyl halides is 3. The van der Waals surface area contributed by atoms with Crippen molar-refractivity contribution in [1.29, 1.82) is 0 Å². The van der Waals surface area contributed by atoms with Gasteiger partial charge in [-0.25, -0.2) is 0 Å². The third-order valence-electron chi connectivity index (χ3n) is 8.39. The lowest BCUT2D eigenvalue weighted by Gasteiger charge is -2.33. The van der Waals surface area contributed by atoms with Crippen molar-refractivity contribution in [2.45, 2.75) is 65.1 Å². The first kappa shape index (κ1) is 29.0. The second-order valence-corrected chi connectivity index (χ2v) is 11.6. The van der Waals surface area contributed by atoms with E-state index in [1.54, 1.807) is 6.07 Å². The summed E-state index contributed by atoms with van der Waals surface area (Å²) in [6.45, 7) is 12.3. The number of nitrogens with zero attached hydrogens (tertiary/aromatic N) is 3. The van der Waals surface area contributed by atoms with Gasteiger partial charge >= 0.3 is 6.18 Å². The highest BCUT2D eigenvalue weighted by molar-refractivity contribution is 7.92. The molecule has 2 heterocycles. The number of rotatable bonds is 10. The van der Waals surface area contributed by atoms with Gasteiger partial charge < -0.3 is 15.4 Å². The molecular formula is C29H37F4N5OS. The van der Waals surface area contributed by atoms with Crippen LogP contribution < -0.4 is 10.6 Å². The van der Waals surface area contributed by atoms with Crippen LogP contribution in [0.25, 0.3) is 5.70 Å². The molecule has 2 N–H and O–H groups in total. The molecular weight excluding hydrogens is 542 g/mol. The molecule has 11 heteroatoms. The Balaban J connectivity index is 1.48. The van der Waals surface area contributed by atoms with Crippen molar-refractivity contribution in [1.82, 2.24) is 14.1 Å². The van der Waals surface area contributed by atoms with Crippen LogP contribution in [0.3, 0.4) is 0 Å². The molecule has 3 atom stereocenters. The largest absolute Gasteiger partial charge is 0.416 e. The van der Waals surface area contributed by atoms with Gasteiger partial charge in [0.05, 0.1) is 30.2 Å². The maximum atomic E-state index is 14.2. The number of benzene rings is 1. The highest BCUT2D eigenvalue weighted by Crippen LogP contribution is 2.50. The fourth-order valence-corrected chi connectivity index (χ4v) is 6.18. The Bertz CT molecular complexity index is 1280. The number of hydrogen-bond acceptors (Lipinski definition) is 6. The SMILES string of the molecule is C=C(Nc1cc(N/C(=C/CCC)c2nn(SF)c3c2CC2CC2C3)c(C)c(C(F)(F)F)c1)C(C)N1CCOCC1. The number of aromatic nitrogens is 2. The van der Waals surface area contributed by atoms with Crippen LogP contribution in [0.2, 0.25) is 0 Å². The first-order valence-electron chi connectivity index (χ1n) is 14.0. The van der Waals surface area contributed by atoms with E-state index in [1.165, 1.54) is 11.0 Å². The van der Waals surface area contributed by atoms with Gasteiger partial charge in [0.2, 0.25) is 0 Å². The number of fused-ring (bicyclic) bond motifs is 2. The first-order valence-corrected chi connectivity index (χ1v) is 14.6. The van der Waals surface area contributed by atoms with Gasteiger partial charge in [0.15, 0.2) is 12.3 Å². The fourth-order valence-electron chi connectivity index (χ4n) is 5.80. The van der Waals surface area contributed by atoms with E-state index in [-0.39, 0.29) is 23.9 Å². The molecule has 3 aliphatic rings. The number of morpholine rings is 1. The molecule has 1 aromatic carbocycles. The molecule has 40 heavy (non-hydrogen) atoms. The van der Waals surface area contributed by atoms with Gasteiger partial charge in [-0.3, -0.25) is 4.90 Å². The van der Waals surface area contributed by atoms with Crippen LogP contribution in [0, 0.1) is 18.8 Å². The third-order valence-corrected chi connectivity index (χ3v) is 8.82. The fraction of sp³-hybridized carbons (Fsp3) is 0.552. The Hall–Kier alpha value is -2.50. The van der Waals surface area contributed by atoms with Gasteiger partial charge in [0.1, 0.15) is 5.69 Å². The van der Waals surface area contributed by atoms with Gasteiger partial charge in [0, 0.05) is 41.8 Å². The minimum absolute atomic E-state index is 0.0752. The number of allylic oxidation sites excluding steroid dienone is 1. The minimum atomic E-state index is -4.55. The molecule has 218 valence electrons. The smallest absolute Gasteiger partial charge is 0.379 e. The topological polar surface area (TPSA) is 54.4 Å². The second-order valence-electron chi connectivity index (χ2n) is 11.1. The third kappa shape index (κ3) is 6.06. The summed E-state index contributed by atoms with van der Waals surface area (Å²) < 4.78 is 63.2. The monoisotopic (exact) mass is 579 g/mol. The lowest BCUT2D eigenvalue weighted by Crippen LogP contribution is -2.43. The Morgan fingerprint density at radius 1 is 1.23 bits per heavy atom. The van der Waals surface area contributed by atoms with Gasteiger partial charge in [0.25, 0.3) is 0 Å². The average Bonchev–Trinajstić information content (AvgIpc) is 3.61. The standard InChI is InChI=1S/C29H37F4N5OS/c1-5-6-7-25(28-23-13-20-12-21(20)14-27(23)38(36-28)40-33)35-26-16-22(15-24(17(26)2)29(30,31)32)34-18(3)19(4)37-8-10-39-11-9-37/h7,15-16,19-21,34-35H,3,5-6,8-14H2,1-2,4H3/b25-7+. The molecule has 1 aromatic heterocycles. The van der Waals surface area contributed by atoms with Gasteiger partial charge in [-0.05, 0) is 69.1 Å². The normalized spacial score (nSPS) is 21.9. The summed E-state index contributed by atoms with van der Waals surface area (Å²) in [6.07, 6.45) is 1.69. The zero-order valence-electron chi connectivity index (χ0n) is 23.2. The van der Waals surface area contributed by atoms with Crippen molar-refractivity contribution in [3.8, 4) is 0 Å². The highest BCUT2D eigenvalue weighted by atomic mass is 32.2. The molecule has 0 amide bonds. The van der Waals surface area contributed by atoms with E-state index in [0.29, 0.717) is 59.9 Å². The molecule has 2 fully saturated rings. The molecule has 1 saturated carbocycles. The summed E-state index contributed by atoms with van der Waals surface area (Å²) in [5, 5.41) is 11.0. The summed E-state index contributed by atoms with van der Waals surface area (Å²) >= 11 is 0.0752. The predicted molar refractivity (Wildman–Crippen MR) is 153 cm³/mol. The van der Waals surface area contributed by atoms with Crippen molar-refractivity contribution in [3.63, 3.8) is 0 Å². The zero-order chi connectivity index (χ0) is 28.6. The molecule has 0 spiro atoms. The Kier molecular flexibility index (Phi) is 8.54. The molecule has 2 aliphatic carbocycles. The molecule has 1 aliphatic heterocycles. The van der Waals surface area contributed by atoms with E-state index in [9.17, 15) is 17.1 Å². The number of anilines is 2. The number of nitrogens with one attached hydrogen (secondary N) is 2. The number of unbranched alkanes of at least 4 members (excludes halogenated alkanes) is 1. The number of hydrogen-bond donors (Lipinski definition) is 2.